The van der Waals surface area contributed by atoms with Crippen molar-refractivity contribution < 1.29 is 28.2 Å². The number of carboxylic acids is 1. The van der Waals surface area contributed by atoms with Crippen LogP contribution in [0.2, 0.25) is 0 Å². The van der Waals surface area contributed by atoms with Crippen LogP contribution < -0.4 is 4.74 Å². The molecule has 0 radical (unpaired) electrons. The maximum absolute atomic E-state index is 13.8. The second kappa shape index (κ2) is 5.70. The van der Waals surface area contributed by atoms with E-state index in [9.17, 15) is 18.4 Å². The molecule has 0 aliphatic rings. The van der Waals surface area contributed by atoms with Gasteiger partial charge in [0.05, 0.1) is 0 Å². The Kier molecular flexibility index (Phi) is 3.98. The summed E-state index contributed by atoms with van der Waals surface area (Å²) in [5, 5.41) is 8.95. The summed E-state index contributed by atoms with van der Waals surface area (Å²) in [6, 6.07) is 6.91. The van der Waals surface area contributed by atoms with Crippen LogP contribution in [-0.4, -0.2) is 16.9 Å². The van der Waals surface area contributed by atoms with Crippen LogP contribution in [0.3, 0.4) is 0 Å². The summed E-state index contributed by atoms with van der Waals surface area (Å²) in [5.41, 5.74) is -0.537. The molecule has 4 nitrogen and oxygen atoms in total. The lowest BCUT2D eigenvalue weighted by atomic mass is 10.1. The van der Waals surface area contributed by atoms with E-state index < -0.39 is 23.2 Å². The molecule has 108 valence electrons. The molecule has 21 heavy (non-hydrogen) atoms. The van der Waals surface area contributed by atoms with Crippen molar-refractivity contribution in [2.45, 2.75) is 6.92 Å². The molecule has 0 aliphatic carbocycles. The number of carbonyl (C=O) groups excluding carboxylic acids is 1. The van der Waals surface area contributed by atoms with Crippen molar-refractivity contribution in [2.75, 3.05) is 0 Å². The van der Waals surface area contributed by atoms with E-state index in [1.807, 2.05) is 0 Å². The van der Waals surface area contributed by atoms with E-state index in [-0.39, 0.29) is 22.8 Å². The lowest BCUT2D eigenvalue weighted by Gasteiger charge is -2.10. The van der Waals surface area contributed by atoms with Gasteiger partial charge in [0, 0.05) is 5.56 Å². The summed E-state index contributed by atoms with van der Waals surface area (Å²) < 4.78 is 32.4. The van der Waals surface area contributed by atoms with Gasteiger partial charge in [-0.3, -0.25) is 4.79 Å². The molecule has 2 aromatic carbocycles. The molecule has 0 saturated heterocycles. The van der Waals surface area contributed by atoms with E-state index in [2.05, 4.69) is 0 Å². The number of carbonyl (C=O) groups is 2. The van der Waals surface area contributed by atoms with Crippen molar-refractivity contribution in [3.05, 3.63) is 59.2 Å². The smallest absolute Gasteiger partial charge is 0.342 e. The largest absolute Gasteiger partial charge is 0.477 e. The van der Waals surface area contributed by atoms with Crippen molar-refractivity contribution in [1.82, 2.24) is 0 Å². The molecule has 0 aromatic heterocycles. The number of carboxylic acid groups (broad SMARTS) is 1. The van der Waals surface area contributed by atoms with E-state index in [0.29, 0.717) is 0 Å². The van der Waals surface area contributed by atoms with Crippen LogP contribution in [0, 0.1) is 11.6 Å². The number of ketones is 1. The number of rotatable bonds is 4. The van der Waals surface area contributed by atoms with Crippen LogP contribution in [0.4, 0.5) is 8.78 Å². The predicted octanol–water partition coefficient (Wildman–Crippen LogP) is 3.66. The maximum Gasteiger partial charge on any atom is 0.342 e. The molecule has 0 saturated carbocycles. The third-order valence-electron chi connectivity index (χ3n) is 2.75. The standard InChI is InChI=1S/C15H10F2O4/c1-8(18)9-5-6-12(11(17)7-9)21-13-4-2-3-10(16)14(13)15(19)20/h2-7H,1H3,(H,19,20). The van der Waals surface area contributed by atoms with Crippen LogP contribution in [0.25, 0.3) is 0 Å². The second-order valence-corrected chi connectivity index (χ2v) is 4.22. The fourth-order valence-corrected chi connectivity index (χ4v) is 1.72. The fourth-order valence-electron chi connectivity index (χ4n) is 1.72. The summed E-state index contributed by atoms with van der Waals surface area (Å²) in [7, 11) is 0. The van der Waals surface area contributed by atoms with Crippen molar-refractivity contribution in [1.29, 1.82) is 0 Å². The molecular weight excluding hydrogens is 282 g/mol. The minimum Gasteiger partial charge on any atom is -0.477 e. The van der Waals surface area contributed by atoms with Crippen LogP contribution in [-0.2, 0) is 0 Å². The summed E-state index contributed by atoms with van der Waals surface area (Å²) in [5.74, 6) is -4.30. The number of hydrogen-bond acceptors (Lipinski definition) is 3. The van der Waals surface area contributed by atoms with E-state index in [0.717, 1.165) is 12.1 Å². The number of aromatic carboxylic acids is 1. The first kappa shape index (κ1) is 14.6. The number of hydrogen-bond donors (Lipinski definition) is 1. The van der Waals surface area contributed by atoms with Crippen LogP contribution >= 0.6 is 0 Å². The van der Waals surface area contributed by atoms with Gasteiger partial charge in [-0.05, 0) is 37.3 Å². The molecule has 6 heteroatoms. The lowest BCUT2D eigenvalue weighted by Crippen LogP contribution is -2.04. The van der Waals surface area contributed by atoms with Crippen molar-refractivity contribution >= 4 is 11.8 Å². The molecule has 0 aliphatic heterocycles. The molecule has 0 amide bonds. The molecule has 0 spiro atoms. The van der Waals surface area contributed by atoms with E-state index in [4.69, 9.17) is 9.84 Å². The van der Waals surface area contributed by atoms with Gasteiger partial charge in [-0.1, -0.05) is 6.07 Å². The molecule has 0 unspecified atom stereocenters. The summed E-state index contributed by atoms with van der Waals surface area (Å²) in [6.07, 6.45) is 0. The predicted molar refractivity (Wildman–Crippen MR) is 69.8 cm³/mol. The first-order valence-electron chi connectivity index (χ1n) is 5.90. The molecule has 1 N–H and O–H groups in total. The van der Waals surface area contributed by atoms with Gasteiger partial charge in [-0.15, -0.1) is 0 Å². The Morgan fingerprint density at radius 2 is 1.76 bits per heavy atom. The zero-order valence-corrected chi connectivity index (χ0v) is 10.9. The Bertz CT molecular complexity index is 726. The second-order valence-electron chi connectivity index (χ2n) is 4.22. The Morgan fingerprint density at radius 1 is 1.05 bits per heavy atom. The van der Waals surface area contributed by atoms with Crippen LogP contribution in [0.15, 0.2) is 36.4 Å². The highest BCUT2D eigenvalue weighted by Gasteiger charge is 2.18. The molecule has 2 aromatic rings. The maximum atomic E-state index is 13.8. The Hall–Kier alpha value is -2.76. The summed E-state index contributed by atoms with van der Waals surface area (Å²) >= 11 is 0. The third kappa shape index (κ3) is 3.05. The molecular formula is C15H10F2O4. The highest BCUT2D eigenvalue weighted by Crippen LogP contribution is 2.29. The van der Waals surface area contributed by atoms with Gasteiger partial charge in [0.25, 0.3) is 0 Å². The number of benzene rings is 2. The van der Waals surface area contributed by atoms with Gasteiger partial charge in [0.15, 0.2) is 17.3 Å². The van der Waals surface area contributed by atoms with Gasteiger partial charge in [0.2, 0.25) is 0 Å². The Balaban J connectivity index is 2.42. The van der Waals surface area contributed by atoms with E-state index in [1.54, 1.807) is 0 Å². The monoisotopic (exact) mass is 292 g/mol. The molecule has 2 rings (SSSR count). The van der Waals surface area contributed by atoms with Crippen molar-refractivity contribution in [2.24, 2.45) is 0 Å². The Morgan fingerprint density at radius 3 is 2.33 bits per heavy atom. The third-order valence-corrected chi connectivity index (χ3v) is 2.75. The molecule has 0 atom stereocenters. The molecule has 0 bridgehead atoms. The van der Waals surface area contributed by atoms with Crippen LogP contribution in [0.1, 0.15) is 27.6 Å². The summed E-state index contributed by atoms with van der Waals surface area (Å²) in [4.78, 5) is 22.1. The van der Waals surface area contributed by atoms with Gasteiger partial charge in [-0.2, -0.15) is 0 Å². The molecule has 0 heterocycles. The highest BCUT2D eigenvalue weighted by atomic mass is 19.1. The van der Waals surface area contributed by atoms with Crippen molar-refractivity contribution in [3.8, 4) is 11.5 Å². The average Bonchev–Trinajstić information content (AvgIpc) is 2.40. The zero-order chi connectivity index (χ0) is 15.6. The fraction of sp³-hybridized carbons (Fsp3) is 0.0667. The average molecular weight is 292 g/mol. The normalized spacial score (nSPS) is 10.2. The van der Waals surface area contributed by atoms with E-state index in [1.165, 1.54) is 31.2 Å². The Labute approximate surface area is 118 Å². The first-order valence-corrected chi connectivity index (χ1v) is 5.90. The number of halogens is 2. The van der Waals surface area contributed by atoms with E-state index >= 15 is 0 Å². The number of ether oxygens (including phenoxy) is 1. The minimum absolute atomic E-state index is 0.151. The van der Waals surface area contributed by atoms with Gasteiger partial charge < -0.3 is 9.84 Å². The van der Waals surface area contributed by atoms with Crippen molar-refractivity contribution in [3.63, 3.8) is 0 Å². The van der Waals surface area contributed by atoms with Gasteiger partial charge >= 0.3 is 5.97 Å². The SMILES string of the molecule is CC(=O)c1ccc(Oc2cccc(F)c2C(=O)O)c(F)c1. The number of Topliss-reactive ketones (excluding diaryl/α,β-unsaturated/α-hetero) is 1. The van der Waals surface area contributed by atoms with Gasteiger partial charge in [-0.25, -0.2) is 13.6 Å². The van der Waals surface area contributed by atoms with Crippen LogP contribution in [0.5, 0.6) is 11.5 Å². The molecule has 0 fully saturated rings. The topological polar surface area (TPSA) is 63.6 Å². The highest BCUT2D eigenvalue weighted by molar-refractivity contribution is 5.94. The minimum atomic E-state index is -1.52. The zero-order valence-electron chi connectivity index (χ0n) is 10.9. The summed E-state index contributed by atoms with van der Waals surface area (Å²) in [6.45, 7) is 1.28. The quantitative estimate of drug-likeness (QED) is 0.873. The lowest BCUT2D eigenvalue weighted by molar-refractivity contribution is 0.0688. The van der Waals surface area contributed by atoms with Gasteiger partial charge in [0.1, 0.15) is 17.1 Å². The first-order chi connectivity index (χ1) is 9.90.